The third-order valence-electron chi connectivity index (χ3n) is 2.48. The highest BCUT2D eigenvalue weighted by molar-refractivity contribution is 5.86. The third-order valence-corrected chi connectivity index (χ3v) is 2.48. The molecule has 0 spiro atoms. The van der Waals surface area contributed by atoms with Crippen LogP contribution in [-0.4, -0.2) is 48.2 Å². The van der Waals surface area contributed by atoms with E-state index in [0.29, 0.717) is 19.4 Å². The SMILES string of the molecule is COCCCC(=O)N(C)C(C)(C)C(=O)O. The van der Waals surface area contributed by atoms with Crippen LogP contribution in [0.3, 0.4) is 0 Å². The monoisotopic (exact) mass is 217 g/mol. The molecule has 0 bridgehead atoms. The van der Waals surface area contributed by atoms with Crippen LogP contribution in [0, 0.1) is 0 Å². The Morgan fingerprint density at radius 1 is 1.40 bits per heavy atom. The first kappa shape index (κ1) is 13.9. The minimum Gasteiger partial charge on any atom is -0.480 e. The second kappa shape index (κ2) is 5.70. The third kappa shape index (κ3) is 3.87. The van der Waals surface area contributed by atoms with Crippen LogP contribution in [0.4, 0.5) is 0 Å². The lowest BCUT2D eigenvalue weighted by Crippen LogP contribution is -2.50. The molecule has 1 amide bonds. The molecule has 0 aliphatic carbocycles. The summed E-state index contributed by atoms with van der Waals surface area (Å²) in [5.41, 5.74) is -1.16. The van der Waals surface area contributed by atoms with Crippen molar-refractivity contribution >= 4 is 11.9 Å². The van der Waals surface area contributed by atoms with E-state index in [4.69, 9.17) is 9.84 Å². The molecule has 15 heavy (non-hydrogen) atoms. The molecule has 0 aromatic heterocycles. The van der Waals surface area contributed by atoms with Gasteiger partial charge in [-0.2, -0.15) is 0 Å². The highest BCUT2D eigenvalue weighted by atomic mass is 16.5. The summed E-state index contributed by atoms with van der Waals surface area (Å²) in [5, 5.41) is 8.91. The van der Waals surface area contributed by atoms with Crippen molar-refractivity contribution in [1.29, 1.82) is 0 Å². The van der Waals surface area contributed by atoms with E-state index in [0.717, 1.165) is 0 Å². The van der Waals surface area contributed by atoms with Crippen LogP contribution in [0.15, 0.2) is 0 Å². The Balaban J connectivity index is 4.25. The number of carbonyl (C=O) groups is 2. The van der Waals surface area contributed by atoms with Crippen LogP contribution in [0.25, 0.3) is 0 Å². The molecule has 0 saturated carbocycles. The Hall–Kier alpha value is -1.10. The van der Waals surface area contributed by atoms with Gasteiger partial charge < -0.3 is 14.7 Å². The summed E-state index contributed by atoms with van der Waals surface area (Å²) >= 11 is 0. The molecule has 0 atom stereocenters. The van der Waals surface area contributed by atoms with Crippen molar-refractivity contribution in [3.05, 3.63) is 0 Å². The molecule has 1 N–H and O–H groups in total. The average Bonchev–Trinajstić information content (AvgIpc) is 2.16. The number of likely N-dealkylation sites (N-methyl/N-ethyl adjacent to an activating group) is 1. The number of hydrogen-bond acceptors (Lipinski definition) is 3. The zero-order chi connectivity index (χ0) is 12.1. The Morgan fingerprint density at radius 2 is 1.93 bits per heavy atom. The van der Waals surface area contributed by atoms with Crippen molar-refractivity contribution in [2.75, 3.05) is 20.8 Å². The van der Waals surface area contributed by atoms with Crippen molar-refractivity contribution in [3.8, 4) is 0 Å². The van der Waals surface area contributed by atoms with Gasteiger partial charge in [0, 0.05) is 27.2 Å². The Labute approximate surface area is 90.0 Å². The summed E-state index contributed by atoms with van der Waals surface area (Å²) in [7, 11) is 3.07. The van der Waals surface area contributed by atoms with Gasteiger partial charge in [0.05, 0.1) is 0 Å². The summed E-state index contributed by atoms with van der Waals surface area (Å²) in [6.45, 7) is 3.51. The smallest absolute Gasteiger partial charge is 0.329 e. The average molecular weight is 217 g/mol. The van der Waals surface area contributed by atoms with Gasteiger partial charge >= 0.3 is 5.97 Å². The molecule has 0 radical (unpaired) electrons. The van der Waals surface area contributed by atoms with E-state index < -0.39 is 11.5 Å². The van der Waals surface area contributed by atoms with Gasteiger partial charge in [0.2, 0.25) is 5.91 Å². The molecular formula is C10H19NO4. The van der Waals surface area contributed by atoms with Gasteiger partial charge in [-0.15, -0.1) is 0 Å². The minimum atomic E-state index is -1.16. The quantitative estimate of drug-likeness (QED) is 0.666. The molecule has 0 heterocycles. The van der Waals surface area contributed by atoms with E-state index in [1.807, 2.05) is 0 Å². The van der Waals surface area contributed by atoms with Gasteiger partial charge in [-0.3, -0.25) is 4.79 Å². The molecule has 0 fully saturated rings. The van der Waals surface area contributed by atoms with E-state index in [2.05, 4.69) is 0 Å². The van der Waals surface area contributed by atoms with Crippen LogP contribution < -0.4 is 0 Å². The zero-order valence-electron chi connectivity index (χ0n) is 9.74. The van der Waals surface area contributed by atoms with Crippen molar-refractivity contribution in [1.82, 2.24) is 4.90 Å². The first-order valence-corrected chi connectivity index (χ1v) is 4.83. The second-order valence-corrected chi connectivity index (χ2v) is 3.91. The maximum absolute atomic E-state index is 11.6. The predicted molar refractivity (Wildman–Crippen MR) is 55.6 cm³/mol. The number of hydrogen-bond donors (Lipinski definition) is 1. The predicted octanol–water partition coefficient (Wildman–Crippen LogP) is 0.735. The fourth-order valence-corrected chi connectivity index (χ4v) is 0.991. The normalized spacial score (nSPS) is 11.2. The second-order valence-electron chi connectivity index (χ2n) is 3.91. The van der Waals surface area contributed by atoms with Crippen molar-refractivity contribution in [3.63, 3.8) is 0 Å². The van der Waals surface area contributed by atoms with E-state index in [9.17, 15) is 9.59 Å². The number of nitrogens with zero attached hydrogens (tertiary/aromatic N) is 1. The molecular weight excluding hydrogens is 198 g/mol. The van der Waals surface area contributed by atoms with Gasteiger partial charge in [-0.25, -0.2) is 4.79 Å². The van der Waals surface area contributed by atoms with Crippen molar-refractivity contribution in [2.24, 2.45) is 0 Å². The molecule has 0 saturated heterocycles. The number of methoxy groups -OCH3 is 1. The standard InChI is InChI=1S/C10H19NO4/c1-10(2,9(13)14)11(3)8(12)6-5-7-15-4/h5-7H2,1-4H3,(H,13,14). The van der Waals surface area contributed by atoms with E-state index in [1.54, 1.807) is 7.11 Å². The number of carbonyl (C=O) groups excluding carboxylic acids is 1. The summed E-state index contributed by atoms with van der Waals surface area (Å²) in [6.07, 6.45) is 0.913. The number of carboxylic acids is 1. The highest BCUT2D eigenvalue weighted by Gasteiger charge is 2.34. The van der Waals surface area contributed by atoms with Crippen LogP contribution in [-0.2, 0) is 14.3 Å². The fourth-order valence-electron chi connectivity index (χ4n) is 0.991. The number of rotatable bonds is 6. The van der Waals surface area contributed by atoms with Crippen LogP contribution in [0.2, 0.25) is 0 Å². The minimum absolute atomic E-state index is 0.181. The van der Waals surface area contributed by atoms with Gasteiger partial charge in [0.1, 0.15) is 5.54 Å². The van der Waals surface area contributed by atoms with Gasteiger partial charge in [-0.05, 0) is 20.3 Å². The topological polar surface area (TPSA) is 66.8 Å². The van der Waals surface area contributed by atoms with Gasteiger partial charge in [0.25, 0.3) is 0 Å². The summed E-state index contributed by atoms with van der Waals surface area (Å²) in [5.74, 6) is -1.19. The van der Waals surface area contributed by atoms with Crippen LogP contribution in [0.1, 0.15) is 26.7 Å². The lowest BCUT2D eigenvalue weighted by molar-refractivity contribution is -0.155. The van der Waals surface area contributed by atoms with Gasteiger partial charge in [0.15, 0.2) is 0 Å². The van der Waals surface area contributed by atoms with E-state index in [-0.39, 0.29) is 5.91 Å². The first-order valence-electron chi connectivity index (χ1n) is 4.83. The number of carboxylic acid groups (broad SMARTS) is 1. The molecule has 88 valence electrons. The highest BCUT2D eigenvalue weighted by Crippen LogP contribution is 2.14. The Bertz CT molecular complexity index is 238. The fraction of sp³-hybridized carbons (Fsp3) is 0.800. The number of amides is 1. The van der Waals surface area contributed by atoms with E-state index >= 15 is 0 Å². The zero-order valence-corrected chi connectivity index (χ0v) is 9.74. The largest absolute Gasteiger partial charge is 0.480 e. The first-order chi connectivity index (χ1) is 6.84. The lowest BCUT2D eigenvalue weighted by Gasteiger charge is -2.31. The van der Waals surface area contributed by atoms with Crippen molar-refractivity contribution in [2.45, 2.75) is 32.2 Å². The van der Waals surface area contributed by atoms with Crippen LogP contribution >= 0.6 is 0 Å². The molecule has 5 heteroatoms. The molecule has 0 aliphatic heterocycles. The molecule has 0 aromatic carbocycles. The maximum atomic E-state index is 11.6. The Morgan fingerprint density at radius 3 is 2.33 bits per heavy atom. The van der Waals surface area contributed by atoms with E-state index in [1.165, 1.54) is 25.8 Å². The lowest BCUT2D eigenvalue weighted by atomic mass is 10.0. The molecule has 0 unspecified atom stereocenters. The maximum Gasteiger partial charge on any atom is 0.329 e. The molecule has 0 aromatic rings. The number of aliphatic carboxylic acids is 1. The number of ether oxygens (including phenoxy) is 1. The molecule has 5 nitrogen and oxygen atoms in total. The summed E-state index contributed by atoms with van der Waals surface area (Å²) in [4.78, 5) is 23.7. The molecule has 0 rings (SSSR count). The summed E-state index contributed by atoms with van der Waals surface area (Å²) in [6, 6.07) is 0. The Kier molecular flexibility index (Phi) is 5.28. The molecule has 0 aliphatic rings. The van der Waals surface area contributed by atoms with Gasteiger partial charge in [-0.1, -0.05) is 0 Å². The van der Waals surface area contributed by atoms with Crippen molar-refractivity contribution < 1.29 is 19.4 Å². The van der Waals surface area contributed by atoms with Crippen LogP contribution in [0.5, 0.6) is 0 Å². The summed E-state index contributed by atoms with van der Waals surface area (Å²) < 4.78 is 4.82.